The van der Waals surface area contributed by atoms with Crippen LogP contribution in [-0.2, 0) is 0 Å². The van der Waals surface area contributed by atoms with Gasteiger partial charge < -0.3 is 14.3 Å². The van der Waals surface area contributed by atoms with E-state index in [2.05, 4.69) is 15.9 Å². The largest absolute Gasteiger partial charge is 0.475 e. The van der Waals surface area contributed by atoms with Gasteiger partial charge in [-0.2, -0.15) is 0 Å². The lowest BCUT2D eigenvalue weighted by atomic mass is 10.3. The molecule has 0 spiro atoms. The van der Waals surface area contributed by atoms with Crippen LogP contribution in [-0.4, -0.2) is 11.1 Å². The summed E-state index contributed by atoms with van der Waals surface area (Å²) in [5.41, 5.74) is 0. The van der Waals surface area contributed by atoms with Gasteiger partial charge in [-0.15, -0.1) is 0 Å². The van der Waals surface area contributed by atoms with Gasteiger partial charge in [0.05, 0.1) is 4.47 Å². The highest BCUT2D eigenvalue weighted by atomic mass is 79.9. The van der Waals surface area contributed by atoms with Gasteiger partial charge in [0.15, 0.2) is 0 Å². The summed E-state index contributed by atoms with van der Waals surface area (Å²) in [6, 6.07) is 6.51. The molecule has 0 amide bonds. The second-order valence-corrected chi connectivity index (χ2v) is 3.95. The second kappa shape index (κ2) is 4.58. The van der Waals surface area contributed by atoms with E-state index in [1.807, 2.05) is 0 Å². The highest BCUT2D eigenvalue weighted by Gasteiger charge is 2.11. The molecule has 0 radical (unpaired) electrons. The highest BCUT2D eigenvalue weighted by molar-refractivity contribution is 9.10. The minimum Gasteiger partial charge on any atom is -0.475 e. The fourth-order valence-corrected chi connectivity index (χ4v) is 1.59. The number of rotatable bonds is 3. The predicted molar refractivity (Wildman–Crippen MR) is 59.8 cm³/mol. The number of hydrogen-bond donors (Lipinski definition) is 1. The molecular weight excluding hydrogens is 295 g/mol. The van der Waals surface area contributed by atoms with Gasteiger partial charge >= 0.3 is 5.97 Å². The van der Waals surface area contributed by atoms with Crippen molar-refractivity contribution < 1.29 is 23.4 Å². The van der Waals surface area contributed by atoms with E-state index in [1.54, 1.807) is 0 Å². The number of carboxylic acid groups (broad SMARTS) is 1. The summed E-state index contributed by atoms with van der Waals surface area (Å²) >= 11 is 3.12. The number of furan rings is 1. The average Bonchev–Trinajstić information content (AvgIpc) is 2.71. The third-order valence-corrected chi connectivity index (χ3v) is 2.52. The Hall–Kier alpha value is -1.82. The van der Waals surface area contributed by atoms with E-state index in [1.165, 1.54) is 30.3 Å². The van der Waals surface area contributed by atoms with Gasteiger partial charge in [0.25, 0.3) is 5.95 Å². The molecule has 0 saturated heterocycles. The maximum atomic E-state index is 12.8. The Bertz CT molecular complexity index is 564. The Morgan fingerprint density at radius 3 is 2.71 bits per heavy atom. The number of hydrogen-bond acceptors (Lipinski definition) is 3. The first kappa shape index (κ1) is 11.7. The fraction of sp³-hybridized carbons (Fsp3) is 0. The molecule has 0 aliphatic heterocycles. The number of aromatic carboxylic acids is 1. The molecule has 0 aliphatic carbocycles. The van der Waals surface area contributed by atoms with E-state index in [-0.39, 0.29) is 11.7 Å². The quantitative estimate of drug-likeness (QED) is 0.939. The molecule has 2 aromatic rings. The van der Waals surface area contributed by atoms with Crippen LogP contribution in [0, 0.1) is 5.82 Å². The number of ether oxygens (including phenoxy) is 1. The minimum atomic E-state index is -1.18. The van der Waals surface area contributed by atoms with Crippen molar-refractivity contribution in [2.45, 2.75) is 0 Å². The van der Waals surface area contributed by atoms with Crippen molar-refractivity contribution in [3.63, 3.8) is 0 Å². The van der Waals surface area contributed by atoms with Crippen molar-refractivity contribution in [1.29, 1.82) is 0 Å². The van der Waals surface area contributed by atoms with Crippen LogP contribution in [0.5, 0.6) is 11.7 Å². The molecule has 0 atom stereocenters. The molecule has 0 saturated carbocycles. The van der Waals surface area contributed by atoms with Crippen molar-refractivity contribution >= 4 is 21.9 Å². The molecule has 4 nitrogen and oxygen atoms in total. The van der Waals surface area contributed by atoms with Crippen LogP contribution in [0.1, 0.15) is 10.6 Å². The topological polar surface area (TPSA) is 59.7 Å². The molecule has 1 aromatic heterocycles. The van der Waals surface area contributed by atoms with E-state index in [4.69, 9.17) is 14.3 Å². The summed E-state index contributed by atoms with van der Waals surface area (Å²) in [6.07, 6.45) is 0. The van der Waals surface area contributed by atoms with Crippen molar-refractivity contribution in [1.82, 2.24) is 0 Å². The lowest BCUT2D eigenvalue weighted by Crippen LogP contribution is -1.91. The van der Waals surface area contributed by atoms with Gasteiger partial charge in [0.2, 0.25) is 5.76 Å². The molecule has 17 heavy (non-hydrogen) atoms. The third kappa shape index (κ3) is 2.65. The average molecular weight is 301 g/mol. The van der Waals surface area contributed by atoms with Gasteiger partial charge in [-0.3, -0.25) is 0 Å². The zero-order valence-electron chi connectivity index (χ0n) is 8.31. The zero-order valence-corrected chi connectivity index (χ0v) is 9.90. The molecule has 0 bridgehead atoms. The van der Waals surface area contributed by atoms with Crippen molar-refractivity contribution in [2.75, 3.05) is 0 Å². The van der Waals surface area contributed by atoms with Crippen molar-refractivity contribution in [3.8, 4) is 11.7 Å². The Kier molecular flexibility index (Phi) is 3.14. The molecule has 6 heteroatoms. The van der Waals surface area contributed by atoms with E-state index < -0.39 is 11.8 Å². The zero-order chi connectivity index (χ0) is 12.4. The van der Waals surface area contributed by atoms with E-state index in [9.17, 15) is 9.18 Å². The third-order valence-electron chi connectivity index (χ3n) is 1.90. The van der Waals surface area contributed by atoms with Crippen LogP contribution < -0.4 is 4.74 Å². The van der Waals surface area contributed by atoms with Gasteiger partial charge in [-0.1, -0.05) is 0 Å². The van der Waals surface area contributed by atoms with Crippen molar-refractivity contribution in [3.05, 3.63) is 46.4 Å². The van der Waals surface area contributed by atoms with E-state index >= 15 is 0 Å². The monoisotopic (exact) mass is 300 g/mol. The lowest BCUT2D eigenvalue weighted by molar-refractivity contribution is 0.0657. The Morgan fingerprint density at radius 2 is 2.12 bits per heavy atom. The van der Waals surface area contributed by atoms with Crippen LogP contribution >= 0.6 is 15.9 Å². The number of carbonyl (C=O) groups is 1. The molecule has 0 unspecified atom stereocenters. The molecule has 1 aromatic carbocycles. The highest BCUT2D eigenvalue weighted by Crippen LogP contribution is 2.31. The SMILES string of the molecule is O=C(O)c1ccc(Oc2ccc(F)cc2Br)o1. The van der Waals surface area contributed by atoms with Gasteiger partial charge in [-0.05, 0) is 40.2 Å². The standard InChI is InChI=1S/C11H6BrFO4/c12-7-5-6(13)1-2-8(7)16-10-4-3-9(17-10)11(14)15/h1-5H,(H,14,15). The number of benzene rings is 1. The van der Waals surface area contributed by atoms with Crippen LogP contribution in [0.4, 0.5) is 4.39 Å². The molecule has 1 N–H and O–H groups in total. The van der Waals surface area contributed by atoms with Crippen LogP contribution in [0.2, 0.25) is 0 Å². The molecule has 0 fully saturated rings. The molecular formula is C11H6BrFO4. The Morgan fingerprint density at radius 1 is 1.35 bits per heavy atom. The van der Waals surface area contributed by atoms with Crippen LogP contribution in [0.3, 0.4) is 0 Å². The summed E-state index contributed by atoms with van der Waals surface area (Å²) in [4.78, 5) is 10.6. The van der Waals surface area contributed by atoms with Crippen LogP contribution in [0.25, 0.3) is 0 Å². The maximum absolute atomic E-state index is 12.8. The Balaban J connectivity index is 2.22. The first-order chi connectivity index (χ1) is 8.06. The fourth-order valence-electron chi connectivity index (χ4n) is 1.16. The van der Waals surface area contributed by atoms with Crippen molar-refractivity contribution in [2.24, 2.45) is 0 Å². The molecule has 2 rings (SSSR count). The first-order valence-electron chi connectivity index (χ1n) is 4.52. The molecule has 88 valence electrons. The number of halogens is 2. The Labute approximate surface area is 104 Å². The molecule has 0 aliphatic rings. The van der Waals surface area contributed by atoms with E-state index in [0.717, 1.165) is 0 Å². The predicted octanol–water partition coefficient (Wildman–Crippen LogP) is 3.67. The van der Waals surface area contributed by atoms with E-state index in [0.29, 0.717) is 10.2 Å². The normalized spacial score (nSPS) is 10.2. The van der Waals surface area contributed by atoms with Gasteiger partial charge in [0.1, 0.15) is 11.6 Å². The smallest absolute Gasteiger partial charge is 0.371 e. The van der Waals surface area contributed by atoms with Crippen LogP contribution in [0.15, 0.2) is 39.2 Å². The lowest BCUT2D eigenvalue weighted by Gasteiger charge is -2.03. The van der Waals surface area contributed by atoms with Gasteiger partial charge in [0, 0.05) is 6.07 Å². The minimum absolute atomic E-state index is 0.0229. The summed E-state index contributed by atoms with van der Waals surface area (Å²) in [6.45, 7) is 0. The summed E-state index contributed by atoms with van der Waals surface area (Å²) < 4.78 is 23.4. The maximum Gasteiger partial charge on any atom is 0.371 e. The number of carboxylic acids is 1. The summed E-state index contributed by atoms with van der Waals surface area (Å²) in [7, 11) is 0. The van der Waals surface area contributed by atoms with Gasteiger partial charge in [-0.25, -0.2) is 9.18 Å². The molecule has 1 heterocycles. The second-order valence-electron chi connectivity index (χ2n) is 3.10. The summed E-state index contributed by atoms with van der Waals surface area (Å²) in [5, 5.41) is 8.65. The summed E-state index contributed by atoms with van der Waals surface area (Å²) in [5.74, 6) is -1.46. The first-order valence-corrected chi connectivity index (χ1v) is 5.31.